The van der Waals surface area contributed by atoms with Crippen molar-refractivity contribution < 1.29 is 14.3 Å². The molecule has 0 radical (unpaired) electrons. The molecular formula is C17H17NO3. The summed E-state index contributed by atoms with van der Waals surface area (Å²) in [4.78, 5) is 13.6. The highest BCUT2D eigenvalue weighted by molar-refractivity contribution is 5.69. The molecule has 1 heterocycles. The van der Waals surface area contributed by atoms with Crippen LogP contribution in [0.25, 0.3) is 0 Å². The zero-order chi connectivity index (χ0) is 14.5. The van der Waals surface area contributed by atoms with E-state index in [1.165, 1.54) is 0 Å². The van der Waals surface area contributed by atoms with Gasteiger partial charge in [0.05, 0.1) is 6.54 Å². The number of nitrogens with zero attached hydrogens (tertiary/aromatic N) is 1. The summed E-state index contributed by atoms with van der Waals surface area (Å²) in [7, 11) is 0. The number of carbonyl (C=O) groups excluding carboxylic acids is 1. The molecule has 1 saturated heterocycles. The largest absolute Gasteiger partial charge is 0.490 e. The number of hydrogen-bond acceptors (Lipinski definition) is 3. The van der Waals surface area contributed by atoms with Crippen LogP contribution in [0.2, 0.25) is 0 Å². The lowest BCUT2D eigenvalue weighted by atomic mass is 10.2. The fourth-order valence-corrected chi connectivity index (χ4v) is 2.30. The van der Waals surface area contributed by atoms with E-state index in [1.807, 2.05) is 60.7 Å². The molecule has 0 aromatic heterocycles. The molecule has 1 aliphatic rings. The number of amides is 1. The van der Waals surface area contributed by atoms with Gasteiger partial charge in [-0.25, -0.2) is 4.79 Å². The van der Waals surface area contributed by atoms with Gasteiger partial charge in [0.25, 0.3) is 0 Å². The summed E-state index contributed by atoms with van der Waals surface area (Å²) >= 11 is 0. The minimum absolute atomic E-state index is 0.221. The van der Waals surface area contributed by atoms with E-state index < -0.39 is 0 Å². The van der Waals surface area contributed by atoms with Crippen molar-refractivity contribution in [3.05, 3.63) is 66.2 Å². The van der Waals surface area contributed by atoms with Crippen LogP contribution in [-0.2, 0) is 11.3 Å². The van der Waals surface area contributed by atoms with Gasteiger partial charge in [-0.05, 0) is 17.7 Å². The van der Waals surface area contributed by atoms with Crippen LogP contribution in [0.5, 0.6) is 5.75 Å². The summed E-state index contributed by atoms with van der Waals surface area (Å²) in [5.74, 6) is 0.787. The number of hydrogen-bond donors (Lipinski definition) is 0. The third-order valence-electron chi connectivity index (χ3n) is 3.35. The average molecular weight is 283 g/mol. The van der Waals surface area contributed by atoms with Crippen LogP contribution in [0, 0.1) is 0 Å². The summed E-state index contributed by atoms with van der Waals surface area (Å²) in [5.41, 5.74) is 1.10. The Kier molecular flexibility index (Phi) is 4.05. The van der Waals surface area contributed by atoms with Crippen LogP contribution in [0.4, 0.5) is 4.79 Å². The van der Waals surface area contributed by atoms with Crippen molar-refractivity contribution in [2.75, 3.05) is 13.2 Å². The molecule has 4 nitrogen and oxygen atoms in total. The van der Waals surface area contributed by atoms with Gasteiger partial charge in [0.1, 0.15) is 12.4 Å². The van der Waals surface area contributed by atoms with Gasteiger partial charge in [0.2, 0.25) is 0 Å². The highest BCUT2D eigenvalue weighted by atomic mass is 16.6. The molecule has 108 valence electrons. The summed E-state index contributed by atoms with van der Waals surface area (Å²) in [6.07, 6.45) is -0.498. The number of benzene rings is 2. The Morgan fingerprint density at radius 1 is 1.05 bits per heavy atom. The number of carbonyl (C=O) groups is 1. The molecule has 0 bridgehead atoms. The Morgan fingerprint density at radius 3 is 2.43 bits per heavy atom. The maximum absolute atomic E-state index is 11.8. The Bertz CT molecular complexity index is 585. The first kappa shape index (κ1) is 13.5. The van der Waals surface area contributed by atoms with Gasteiger partial charge < -0.3 is 14.4 Å². The molecule has 0 N–H and O–H groups in total. The molecule has 2 aromatic rings. The number of rotatable bonds is 5. The highest BCUT2D eigenvalue weighted by Crippen LogP contribution is 2.17. The number of cyclic esters (lactones) is 1. The van der Waals surface area contributed by atoms with Gasteiger partial charge in [-0.2, -0.15) is 0 Å². The fourth-order valence-electron chi connectivity index (χ4n) is 2.30. The second-order valence-electron chi connectivity index (χ2n) is 5.00. The first-order valence-electron chi connectivity index (χ1n) is 6.98. The fraction of sp³-hybridized carbons (Fsp3) is 0.235. The van der Waals surface area contributed by atoms with Crippen molar-refractivity contribution in [2.45, 2.75) is 12.6 Å². The Morgan fingerprint density at radius 2 is 1.71 bits per heavy atom. The van der Waals surface area contributed by atoms with Crippen LogP contribution in [0.1, 0.15) is 5.56 Å². The standard InChI is InChI=1S/C17H17NO3/c19-17-18(11-14-7-3-1-4-8-14)12-16(21-17)13-20-15-9-5-2-6-10-15/h1-10,16H,11-13H2/t16-/m0/s1. The first-order chi connectivity index (χ1) is 10.3. The lowest BCUT2D eigenvalue weighted by Crippen LogP contribution is -2.26. The van der Waals surface area contributed by atoms with Crippen LogP contribution >= 0.6 is 0 Å². The van der Waals surface area contributed by atoms with Crippen molar-refractivity contribution in [3.8, 4) is 5.75 Å². The normalized spacial score (nSPS) is 17.6. The smallest absolute Gasteiger partial charge is 0.410 e. The first-order valence-corrected chi connectivity index (χ1v) is 6.98. The lowest BCUT2D eigenvalue weighted by molar-refractivity contribution is 0.102. The van der Waals surface area contributed by atoms with Gasteiger partial charge in [0, 0.05) is 6.54 Å². The second-order valence-corrected chi connectivity index (χ2v) is 5.00. The van der Waals surface area contributed by atoms with Gasteiger partial charge in [0.15, 0.2) is 6.10 Å². The Labute approximate surface area is 123 Å². The van der Waals surface area contributed by atoms with Crippen molar-refractivity contribution in [1.29, 1.82) is 0 Å². The SMILES string of the molecule is O=C1O[C@H](COc2ccccc2)CN1Cc1ccccc1. The third-order valence-corrected chi connectivity index (χ3v) is 3.35. The lowest BCUT2D eigenvalue weighted by Gasteiger charge is -2.13. The van der Waals surface area contributed by atoms with Crippen molar-refractivity contribution in [1.82, 2.24) is 4.90 Å². The van der Waals surface area contributed by atoms with Crippen molar-refractivity contribution in [2.24, 2.45) is 0 Å². The van der Waals surface area contributed by atoms with Crippen molar-refractivity contribution >= 4 is 6.09 Å². The van der Waals surface area contributed by atoms with E-state index in [0.29, 0.717) is 19.7 Å². The topological polar surface area (TPSA) is 38.8 Å². The number of ether oxygens (including phenoxy) is 2. The molecule has 1 fully saturated rings. The quantitative estimate of drug-likeness (QED) is 0.846. The molecule has 3 rings (SSSR count). The molecule has 1 atom stereocenters. The maximum Gasteiger partial charge on any atom is 0.410 e. The minimum Gasteiger partial charge on any atom is -0.490 e. The molecule has 21 heavy (non-hydrogen) atoms. The summed E-state index contributed by atoms with van der Waals surface area (Å²) in [5, 5.41) is 0. The Hall–Kier alpha value is -2.49. The second kappa shape index (κ2) is 6.31. The zero-order valence-corrected chi connectivity index (χ0v) is 11.6. The molecule has 1 aliphatic heterocycles. The van der Waals surface area contributed by atoms with Crippen molar-refractivity contribution in [3.63, 3.8) is 0 Å². The zero-order valence-electron chi connectivity index (χ0n) is 11.6. The average Bonchev–Trinajstić information content (AvgIpc) is 2.87. The van der Waals surface area contributed by atoms with Gasteiger partial charge in [-0.15, -0.1) is 0 Å². The van der Waals surface area contributed by atoms with Gasteiger partial charge in [-0.1, -0.05) is 48.5 Å². The Balaban J connectivity index is 1.53. The van der Waals surface area contributed by atoms with Crippen LogP contribution in [0.3, 0.4) is 0 Å². The van der Waals surface area contributed by atoms with E-state index in [2.05, 4.69) is 0 Å². The number of para-hydroxylation sites is 1. The molecule has 2 aromatic carbocycles. The predicted octanol–water partition coefficient (Wildman–Crippen LogP) is 3.09. The molecule has 0 saturated carbocycles. The van der Waals surface area contributed by atoms with Gasteiger partial charge in [-0.3, -0.25) is 0 Å². The molecule has 1 amide bonds. The highest BCUT2D eigenvalue weighted by Gasteiger charge is 2.31. The van der Waals surface area contributed by atoms with Gasteiger partial charge >= 0.3 is 6.09 Å². The predicted molar refractivity (Wildman–Crippen MR) is 79.1 cm³/mol. The van der Waals surface area contributed by atoms with Crippen LogP contribution < -0.4 is 4.74 Å². The van der Waals surface area contributed by atoms with E-state index in [-0.39, 0.29) is 12.2 Å². The van der Waals surface area contributed by atoms with Crippen LogP contribution in [0.15, 0.2) is 60.7 Å². The van der Waals surface area contributed by atoms with E-state index in [4.69, 9.17) is 9.47 Å². The molecular weight excluding hydrogens is 266 g/mol. The summed E-state index contributed by atoms with van der Waals surface area (Å²) in [6.45, 7) is 1.50. The van der Waals surface area contributed by atoms with E-state index in [0.717, 1.165) is 11.3 Å². The molecule has 4 heteroatoms. The van der Waals surface area contributed by atoms with E-state index in [1.54, 1.807) is 4.90 Å². The minimum atomic E-state index is -0.277. The summed E-state index contributed by atoms with van der Waals surface area (Å²) < 4.78 is 11.0. The molecule has 0 spiro atoms. The third kappa shape index (κ3) is 3.54. The monoisotopic (exact) mass is 283 g/mol. The van der Waals surface area contributed by atoms with E-state index in [9.17, 15) is 4.79 Å². The summed E-state index contributed by atoms with van der Waals surface area (Å²) in [6, 6.07) is 19.4. The van der Waals surface area contributed by atoms with Crippen LogP contribution in [-0.4, -0.2) is 30.2 Å². The maximum atomic E-state index is 11.8. The van der Waals surface area contributed by atoms with E-state index >= 15 is 0 Å². The molecule has 0 unspecified atom stereocenters. The molecule has 0 aliphatic carbocycles.